The van der Waals surface area contributed by atoms with E-state index in [0.717, 1.165) is 55.0 Å². The first-order valence-corrected chi connectivity index (χ1v) is 22.5. The number of hydrogen-bond donors (Lipinski definition) is 0. The monoisotopic (exact) mass is 830 g/mol. The average molecular weight is 831 g/mol. The van der Waals surface area contributed by atoms with Gasteiger partial charge in [0.25, 0.3) is 0 Å². The Labute approximate surface area is 371 Å². The van der Waals surface area contributed by atoms with Crippen molar-refractivity contribution in [2.45, 2.75) is 0 Å². The topological polar surface area (TPSA) is 43.6 Å². The number of hydrogen-bond acceptors (Lipinski definition) is 4. The summed E-state index contributed by atoms with van der Waals surface area (Å²) < 4.78 is 4.91. The lowest BCUT2D eigenvalue weighted by molar-refractivity contribution is 1.08. The van der Waals surface area contributed by atoms with E-state index in [4.69, 9.17) is 15.0 Å². The predicted octanol–water partition coefficient (Wildman–Crippen LogP) is 16.1. The molecule has 0 aliphatic rings. The molecule has 0 bridgehead atoms. The molecule has 3 aromatic heterocycles. The van der Waals surface area contributed by atoms with Crippen LogP contribution in [-0.2, 0) is 0 Å². The van der Waals surface area contributed by atoms with E-state index >= 15 is 0 Å². The highest BCUT2D eigenvalue weighted by Gasteiger charge is 2.23. The fourth-order valence-corrected chi connectivity index (χ4v) is 11.4. The first kappa shape index (κ1) is 35.4. The zero-order valence-electron chi connectivity index (χ0n) is 34.3. The van der Waals surface area contributed by atoms with Gasteiger partial charge in [-0.2, -0.15) is 0 Å². The molecule has 0 fully saturated rings. The Kier molecular flexibility index (Phi) is 7.53. The maximum absolute atomic E-state index is 5.50. The number of aromatic nitrogens is 4. The van der Waals surface area contributed by atoms with Crippen molar-refractivity contribution in [1.29, 1.82) is 0 Å². The maximum atomic E-state index is 5.50. The van der Waals surface area contributed by atoms with Crippen molar-refractivity contribution in [3.63, 3.8) is 0 Å². The Balaban J connectivity index is 1.12. The molecule has 0 unspecified atom stereocenters. The number of thiophene rings is 1. The summed E-state index contributed by atoms with van der Waals surface area (Å²) in [5.41, 5.74) is 6.30. The van der Waals surface area contributed by atoms with Gasteiger partial charge in [-0.05, 0) is 102 Å². The third-order valence-electron chi connectivity index (χ3n) is 13.1. The lowest BCUT2D eigenvalue weighted by Crippen LogP contribution is -2.02. The molecule has 0 radical (unpaired) electrons. The fourth-order valence-electron chi connectivity index (χ4n) is 10.2. The highest BCUT2D eigenvalue weighted by Crippen LogP contribution is 2.45. The van der Waals surface area contributed by atoms with Gasteiger partial charge in [-0.25, -0.2) is 15.0 Å². The summed E-state index contributed by atoms with van der Waals surface area (Å²) in [4.78, 5) is 16.3. The highest BCUT2D eigenvalue weighted by atomic mass is 32.1. The van der Waals surface area contributed by atoms with Gasteiger partial charge in [-0.3, -0.25) is 0 Å². The predicted molar refractivity (Wildman–Crippen MR) is 271 cm³/mol. The molecule has 14 aromatic rings. The van der Waals surface area contributed by atoms with E-state index < -0.39 is 0 Å². The van der Waals surface area contributed by atoms with E-state index in [1.165, 1.54) is 63.3 Å². The zero-order valence-corrected chi connectivity index (χ0v) is 35.1. The van der Waals surface area contributed by atoms with Gasteiger partial charge in [0.1, 0.15) is 0 Å². The van der Waals surface area contributed by atoms with Crippen LogP contribution in [0.25, 0.3) is 136 Å². The van der Waals surface area contributed by atoms with E-state index in [0.29, 0.717) is 17.5 Å². The van der Waals surface area contributed by atoms with E-state index in [9.17, 15) is 0 Å². The van der Waals surface area contributed by atoms with Gasteiger partial charge in [0, 0.05) is 47.6 Å². The third kappa shape index (κ3) is 5.31. The lowest BCUT2D eigenvalue weighted by Gasteiger charge is -2.15. The smallest absolute Gasteiger partial charge is 0.164 e. The van der Waals surface area contributed by atoms with Crippen LogP contribution < -0.4 is 0 Å². The van der Waals surface area contributed by atoms with Crippen molar-refractivity contribution < 1.29 is 0 Å². The summed E-state index contributed by atoms with van der Waals surface area (Å²) in [7, 11) is 0. The molecule has 3 heterocycles. The van der Waals surface area contributed by atoms with Crippen molar-refractivity contribution in [2.24, 2.45) is 0 Å². The molecule has 64 heavy (non-hydrogen) atoms. The SMILES string of the molecule is c1ccc2cc3c(cc2c1)c1cc2ccccc2cc1n3-c1cc(-c2nc(-c3cccc4ccccc34)nc(-c3cc4ccccc4c4ccccc34)n2)cc2sc3ccccc3c12. The van der Waals surface area contributed by atoms with Crippen molar-refractivity contribution in [1.82, 2.24) is 19.5 Å². The number of benzene rings is 11. The molecule has 5 heteroatoms. The summed E-state index contributed by atoms with van der Waals surface area (Å²) in [6.07, 6.45) is 0. The summed E-state index contributed by atoms with van der Waals surface area (Å²) in [5, 5.41) is 16.6. The second-order valence-corrected chi connectivity index (χ2v) is 17.8. The molecular formula is C59H34N4S. The number of rotatable bonds is 4. The molecule has 0 aliphatic heterocycles. The van der Waals surface area contributed by atoms with Crippen LogP contribution in [0.3, 0.4) is 0 Å². The van der Waals surface area contributed by atoms with Crippen molar-refractivity contribution in [3.8, 4) is 39.9 Å². The van der Waals surface area contributed by atoms with Crippen LogP contribution in [0.15, 0.2) is 206 Å². The molecule has 0 N–H and O–H groups in total. The van der Waals surface area contributed by atoms with Gasteiger partial charge in [-0.15, -0.1) is 11.3 Å². The summed E-state index contributed by atoms with van der Waals surface area (Å²) in [5.74, 6) is 1.91. The largest absolute Gasteiger partial charge is 0.308 e. The van der Waals surface area contributed by atoms with E-state index in [1.54, 1.807) is 0 Å². The first-order chi connectivity index (χ1) is 31.7. The van der Waals surface area contributed by atoms with Crippen LogP contribution in [-0.4, -0.2) is 19.5 Å². The van der Waals surface area contributed by atoms with Crippen LogP contribution >= 0.6 is 11.3 Å². The summed E-state index contributed by atoms with van der Waals surface area (Å²) >= 11 is 1.82. The van der Waals surface area contributed by atoms with Crippen LogP contribution in [0.1, 0.15) is 0 Å². The molecular weight excluding hydrogens is 797 g/mol. The standard InChI is InChI=1S/C59H34N4S/c1-3-17-38-31-51-48(28-36(38)15-1)49-29-37-16-2-4-18-39(37)32-52(49)63(51)53-33-41(34-55-56(53)47-25-11-12-27-54(47)64-55)57-60-58(46-26-13-20-35-14-5-7-21-42(35)46)62-59(61-57)50-30-40-19-6-8-22-43(40)44-23-9-10-24-45(44)50/h1-34H. The lowest BCUT2D eigenvalue weighted by atomic mass is 9.96. The Hall–Kier alpha value is -8.25. The molecule has 0 spiro atoms. The fraction of sp³-hybridized carbons (Fsp3) is 0. The number of nitrogens with zero attached hydrogens (tertiary/aromatic N) is 4. The van der Waals surface area contributed by atoms with E-state index in [-0.39, 0.29) is 0 Å². The Morgan fingerprint density at radius 3 is 1.53 bits per heavy atom. The molecule has 0 aliphatic carbocycles. The molecule has 4 nitrogen and oxygen atoms in total. The molecule has 0 saturated carbocycles. The zero-order chi connectivity index (χ0) is 41.9. The molecule has 0 saturated heterocycles. The second-order valence-electron chi connectivity index (χ2n) is 16.8. The summed E-state index contributed by atoms with van der Waals surface area (Å²) in [6.45, 7) is 0. The molecule has 296 valence electrons. The van der Waals surface area contributed by atoms with Crippen molar-refractivity contribution in [3.05, 3.63) is 206 Å². The summed E-state index contributed by atoms with van der Waals surface area (Å²) in [6, 6.07) is 74.6. The highest BCUT2D eigenvalue weighted by molar-refractivity contribution is 7.26. The van der Waals surface area contributed by atoms with Gasteiger partial charge in [-0.1, -0.05) is 158 Å². The van der Waals surface area contributed by atoms with Gasteiger partial charge < -0.3 is 4.57 Å². The van der Waals surface area contributed by atoms with Crippen LogP contribution in [0.4, 0.5) is 0 Å². The average Bonchev–Trinajstić information content (AvgIpc) is 3.88. The minimum absolute atomic E-state index is 0.627. The van der Waals surface area contributed by atoms with Gasteiger partial charge in [0.2, 0.25) is 0 Å². The van der Waals surface area contributed by atoms with Crippen molar-refractivity contribution >= 4 is 107 Å². The quantitative estimate of drug-likeness (QED) is 0.166. The Morgan fingerprint density at radius 2 is 0.828 bits per heavy atom. The minimum Gasteiger partial charge on any atom is -0.308 e. The van der Waals surface area contributed by atoms with Gasteiger partial charge >= 0.3 is 0 Å². The molecule has 14 rings (SSSR count). The van der Waals surface area contributed by atoms with Gasteiger partial charge in [0.05, 0.1) is 16.7 Å². The Bertz CT molecular complexity index is 4180. The first-order valence-electron chi connectivity index (χ1n) is 21.7. The van der Waals surface area contributed by atoms with Crippen molar-refractivity contribution in [2.75, 3.05) is 0 Å². The minimum atomic E-state index is 0.627. The normalized spacial score (nSPS) is 12.1. The van der Waals surface area contributed by atoms with Crippen LogP contribution in [0.5, 0.6) is 0 Å². The third-order valence-corrected chi connectivity index (χ3v) is 14.2. The Morgan fingerprint density at radius 1 is 0.312 bits per heavy atom. The molecule has 0 amide bonds. The number of fused-ring (bicyclic) bond motifs is 12. The van der Waals surface area contributed by atoms with Crippen LogP contribution in [0, 0.1) is 0 Å². The molecule has 0 atom stereocenters. The van der Waals surface area contributed by atoms with E-state index in [2.05, 4.69) is 211 Å². The van der Waals surface area contributed by atoms with Gasteiger partial charge in [0.15, 0.2) is 17.5 Å². The maximum Gasteiger partial charge on any atom is 0.164 e. The molecule has 11 aromatic carbocycles. The second kappa shape index (κ2) is 13.6. The van der Waals surface area contributed by atoms with Crippen LogP contribution in [0.2, 0.25) is 0 Å². The van der Waals surface area contributed by atoms with E-state index in [1.807, 2.05) is 11.3 Å².